The fraction of sp³-hybridized carbons (Fsp3) is 0.0870. The molecule has 1 aromatic carbocycles. The number of anilines is 1. The third kappa shape index (κ3) is 3.60. The topological polar surface area (TPSA) is 76.6 Å². The Kier molecular flexibility index (Phi) is 5.01. The molecule has 1 atom stereocenters. The number of thiazole rings is 1. The minimum absolute atomic E-state index is 0.180. The molecule has 6 nitrogen and oxygen atoms in total. The first-order chi connectivity index (χ1) is 15.1. The van der Waals surface area contributed by atoms with Gasteiger partial charge in [-0.3, -0.25) is 14.2 Å². The molecule has 8 heteroatoms. The number of allylic oxidation sites excluding steroid dienone is 1. The van der Waals surface area contributed by atoms with Crippen LogP contribution in [0.1, 0.15) is 23.4 Å². The van der Waals surface area contributed by atoms with E-state index in [4.69, 9.17) is 4.42 Å². The van der Waals surface area contributed by atoms with Crippen molar-refractivity contribution < 1.29 is 9.21 Å². The number of nitrogens with one attached hydrogen (secondary N) is 1. The SMILES string of the molecule is CC1=C(C(=O)Nc2ccccc2)[C@H](c2cccs2)n2c(s/c(=C\c3ccoc3)c2=O)=N1. The fourth-order valence-electron chi connectivity index (χ4n) is 3.56. The van der Waals surface area contributed by atoms with Gasteiger partial charge in [-0.1, -0.05) is 35.6 Å². The molecular formula is C23H17N3O3S2. The van der Waals surface area contributed by atoms with E-state index in [0.29, 0.717) is 26.3 Å². The number of thiophene rings is 1. The molecule has 1 aliphatic rings. The molecule has 0 saturated heterocycles. The summed E-state index contributed by atoms with van der Waals surface area (Å²) >= 11 is 2.82. The summed E-state index contributed by atoms with van der Waals surface area (Å²) in [6.07, 6.45) is 4.92. The predicted octanol–water partition coefficient (Wildman–Crippen LogP) is 3.53. The van der Waals surface area contributed by atoms with Crippen LogP contribution in [0.25, 0.3) is 6.08 Å². The molecule has 0 fully saturated rings. The number of nitrogens with zero attached hydrogens (tertiary/aromatic N) is 2. The van der Waals surface area contributed by atoms with Crippen LogP contribution in [0.5, 0.6) is 0 Å². The van der Waals surface area contributed by atoms with Gasteiger partial charge in [0.15, 0.2) is 4.80 Å². The molecule has 0 radical (unpaired) electrons. The zero-order chi connectivity index (χ0) is 21.4. The van der Waals surface area contributed by atoms with Crippen molar-refractivity contribution >= 4 is 40.3 Å². The van der Waals surface area contributed by atoms with Gasteiger partial charge < -0.3 is 9.73 Å². The molecule has 0 unspecified atom stereocenters. The van der Waals surface area contributed by atoms with Gasteiger partial charge in [0, 0.05) is 16.1 Å². The Morgan fingerprint density at radius 2 is 2.03 bits per heavy atom. The van der Waals surface area contributed by atoms with Crippen molar-refractivity contribution in [2.24, 2.45) is 4.99 Å². The summed E-state index contributed by atoms with van der Waals surface area (Å²) < 4.78 is 7.27. The molecule has 3 aromatic heterocycles. The predicted molar refractivity (Wildman–Crippen MR) is 122 cm³/mol. The van der Waals surface area contributed by atoms with Gasteiger partial charge in [0.05, 0.1) is 28.3 Å². The number of rotatable bonds is 4. The Bertz CT molecular complexity index is 1440. The number of hydrogen-bond donors (Lipinski definition) is 1. The van der Waals surface area contributed by atoms with Crippen molar-refractivity contribution in [2.75, 3.05) is 5.32 Å². The summed E-state index contributed by atoms with van der Waals surface area (Å²) in [5.41, 5.74) is 2.38. The number of para-hydroxylation sites is 1. The van der Waals surface area contributed by atoms with Crippen molar-refractivity contribution in [3.63, 3.8) is 0 Å². The Morgan fingerprint density at radius 1 is 1.19 bits per heavy atom. The van der Waals surface area contributed by atoms with Gasteiger partial charge in [-0.05, 0) is 42.6 Å². The molecule has 4 heterocycles. The summed E-state index contributed by atoms with van der Waals surface area (Å²) in [7, 11) is 0. The minimum atomic E-state index is -0.536. The monoisotopic (exact) mass is 447 g/mol. The maximum atomic E-state index is 13.4. The van der Waals surface area contributed by atoms with Crippen molar-refractivity contribution in [2.45, 2.75) is 13.0 Å². The Morgan fingerprint density at radius 3 is 2.74 bits per heavy atom. The van der Waals surface area contributed by atoms with E-state index in [1.807, 2.05) is 54.8 Å². The lowest BCUT2D eigenvalue weighted by Gasteiger charge is -2.24. The highest BCUT2D eigenvalue weighted by molar-refractivity contribution is 7.10. The van der Waals surface area contributed by atoms with Crippen molar-refractivity contribution in [3.05, 3.63) is 108 Å². The normalized spacial score (nSPS) is 16.2. The summed E-state index contributed by atoms with van der Waals surface area (Å²) in [6.45, 7) is 1.81. The third-order valence-corrected chi connectivity index (χ3v) is 6.86. The highest BCUT2D eigenvalue weighted by Gasteiger charge is 2.33. The Hall–Kier alpha value is -3.49. The number of benzene rings is 1. The van der Waals surface area contributed by atoms with Crippen LogP contribution >= 0.6 is 22.7 Å². The first-order valence-corrected chi connectivity index (χ1v) is 11.3. The van der Waals surface area contributed by atoms with Crippen LogP contribution in [0, 0.1) is 0 Å². The maximum absolute atomic E-state index is 13.4. The lowest BCUT2D eigenvalue weighted by molar-refractivity contribution is -0.113. The number of furan rings is 1. The lowest BCUT2D eigenvalue weighted by atomic mass is 10.0. The molecule has 1 N–H and O–H groups in total. The Labute approximate surface area is 185 Å². The van der Waals surface area contributed by atoms with Crippen LogP contribution in [0.3, 0.4) is 0 Å². The fourth-order valence-corrected chi connectivity index (χ4v) is 5.43. The van der Waals surface area contributed by atoms with Crippen molar-refractivity contribution in [1.29, 1.82) is 0 Å². The van der Waals surface area contributed by atoms with Gasteiger partial charge in [0.1, 0.15) is 6.04 Å². The molecule has 0 bridgehead atoms. The largest absolute Gasteiger partial charge is 0.472 e. The van der Waals surface area contributed by atoms with Crippen LogP contribution in [0.4, 0.5) is 5.69 Å². The quantitative estimate of drug-likeness (QED) is 0.520. The summed E-state index contributed by atoms with van der Waals surface area (Å²) in [4.78, 5) is 32.8. The van der Waals surface area contributed by atoms with Crippen LogP contribution in [-0.4, -0.2) is 10.5 Å². The second-order valence-electron chi connectivity index (χ2n) is 6.97. The standard InChI is InChI=1S/C23H17N3O3S2/c1-14-19(21(27)25-16-6-3-2-4-7-16)20(17-8-5-11-30-17)26-22(28)18(31-23(26)24-14)12-15-9-10-29-13-15/h2-13,20H,1H3,(H,25,27)/b18-12-/t20-/m0/s1. The van der Waals surface area contributed by atoms with Gasteiger partial charge in [0.2, 0.25) is 0 Å². The molecule has 154 valence electrons. The van der Waals surface area contributed by atoms with Crippen LogP contribution in [-0.2, 0) is 4.79 Å². The van der Waals surface area contributed by atoms with Crippen LogP contribution in [0.2, 0.25) is 0 Å². The lowest BCUT2D eigenvalue weighted by Crippen LogP contribution is -2.40. The summed E-state index contributed by atoms with van der Waals surface area (Å²) in [5.74, 6) is -0.269. The summed E-state index contributed by atoms with van der Waals surface area (Å²) in [6, 6.07) is 14.4. The summed E-state index contributed by atoms with van der Waals surface area (Å²) in [5, 5.41) is 4.89. The van der Waals surface area contributed by atoms with E-state index in [-0.39, 0.29) is 11.5 Å². The molecular weight excluding hydrogens is 430 g/mol. The number of carbonyl (C=O) groups excluding carboxylic acids is 1. The van der Waals surface area contributed by atoms with Crippen molar-refractivity contribution in [1.82, 2.24) is 4.57 Å². The second-order valence-corrected chi connectivity index (χ2v) is 8.96. The molecule has 1 amide bonds. The average Bonchev–Trinajstić information content (AvgIpc) is 3.51. The van der Waals surface area contributed by atoms with E-state index in [1.165, 1.54) is 22.7 Å². The van der Waals surface area contributed by atoms with E-state index in [1.54, 1.807) is 29.2 Å². The highest BCUT2D eigenvalue weighted by atomic mass is 32.1. The van der Waals surface area contributed by atoms with Crippen LogP contribution < -0.4 is 20.2 Å². The van der Waals surface area contributed by atoms with E-state index >= 15 is 0 Å². The zero-order valence-electron chi connectivity index (χ0n) is 16.4. The van der Waals surface area contributed by atoms with E-state index < -0.39 is 6.04 Å². The van der Waals surface area contributed by atoms with Gasteiger partial charge in [-0.25, -0.2) is 4.99 Å². The maximum Gasteiger partial charge on any atom is 0.271 e. The molecule has 0 saturated carbocycles. The number of carbonyl (C=O) groups is 1. The van der Waals surface area contributed by atoms with Gasteiger partial charge in [-0.2, -0.15) is 0 Å². The molecule has 5 rings (SSSR count). The second kappa shape index (κ2) is 7.98. The number of amides is 1. The number of hydrogen-bond acceptors (Lipinski definition) is 6. The zero-order valence-corrected chi connectivity index (χ0v) is 18.1. The minimum Gasteiger partial charge on any atom is -0.472 e. The van der Waals surface area contributed by atoms with Gasteiger partial charge in [0.25, 0.3) is 11.5 Å². The Balaban J connectivity index is 1.66. The average molecular weight is 448 g/mol. The number of aromatic nitrogens is 1. The molecule has 0 spiro atoms. The molecule has 4 aromatic rings. The van der Waals surface area contributed by atoms with E-state index in [2.05, 4.69) is 10.3 Å². The molecule has 31 heavy (non-hydrogen) atoms. The molecule has 0 aliphatic carbocycles. The first kappa shape index (κ1) is 19.5. The van der Waals surface area contributed by atoms with Crippen molar-refractivity contribution in [3.8, 4) is 0 Å². The smallest absolute Gasteiger partial charge is 0.271 e. The van der Waals surface area contributed by atoms with Gasteiger partial charge >= 0.3 is 0 Å². The number of fused-ring (bicyclic) bond motifs is 1. The van der Waals surface area contributed by atoms with E-state index in [0.717, 1.165) is 10.4 Å². The van der Waals surface area contributed by atoms with Gasteiger partial charge in [-0.15, -0.1) is 11.3 Å². The third-order valence-electron chi connectivity index (χ3n) is 4.95. The van der Waals surface area contributed by atoms with Crippen LogP contribution in [0.15, 0.2) is 91.9 Å². The van der Waals surface area contributed by atoms with E-state index in [9.17, 15) is 9.59 Å². The molecule has 1 aliphatic heterocycles. The first-order valence-electron chi connectivity index (χ1n) is 9.56. The highest BCUT2D eigenvalue weighted by Crippen LogP contribution is 2.33.